The summed E-state index contributed by atoms with van der Waals surface area (Å²) >= 11 is 0. The zero-order chi connectivity index (χ0) is 13.1. The Labute approximate surface area is 109 Å². The maximum absolute atomic E-state index is 5.13. The van der Waals surface area contributed by atoms with Crippen LogP contribution < -0.4 is 5.32 Å². The van der Waals surface area contributed by atoms with Gasteiger partial charge in [0.2, 0.25) is 0 Å². The van der Waals surface area contributed by atoms with Crippen molar-refractivity contribution in [2.75, 3.05) is 0 Å². The van der Waals surface area contributed by atoms with Crippen LogP contribution in [0.4, 0.5) is 0 Å². The molecule has 18 heavy (non-hydrogen) atoms. The predicted molar refractivity (Wildman–Crippen MR) is 74.6 cm³/mol. The van der Waals surface area contributed by atoms with Gasteiger partial charge >= 0.3 is 0 Å². The third-order valence-electron chi connectivity index (χ3n) is 3.44. The Hall–Kier alpha value is -1.54. The van der Waals surface area contributed by atoms with Crippen LogP contribution in [0.3, 0.4) is 0 Å². The lowest BCUT2D eigenvalue weighted by Crippen LogP contribution is -2.22. The minimum atomic E-state index is 0.290. The fourth-order valence-electron chi connectivity index (χ4n) is 2.31. The molecule has 0 aliphatic rings. The second-order valence-electron chi connectivity index (χ2n) is 5.03. The van der Waals surface area contributed by atoms with Crippen LogP contribution in [0.5, 0.6) is 0 Å². The smallest absolute Gasteiger partial charge is 0.0950 e. The highest BCUT2D eigenvalue weighted by Crippen LogP contribution is 2.22. The van der Waals surface area contributed by atoms with Gasteiger partial charge < -0.3 is 9.73 Å². The number of nitrogens with one attached hydrogen (secondary N) is 1. The summed E-state index contributed by atoms with van der Waals surface area (Å²) < 4.78 is 5.13. The van der Waals surface area contributed by atoms with Gasteiger partial charge in [0.25, 0.3) is 0 Å². The average molecular weight is 243 g/mol. The van der Waals surface area contributed by atoms with E-state index in [1.807, 2.05) is 6.07 Å². The molecule has 0 aliphatic heterocycles. The molecule has 2 rings (SSSR count). The quantitative estimate of drug-likeness (QED) is 0.865. The molecule has 0 saturated carbocycles. The van der Waals surface area contributed by atoms with Crippen LogP contribution in [0.15, 0.2) is 41.2 Å². The highest BCUT2D eigenvalue weighted by Gasteiger charge is 2.13. The summed E-state index contributed by atoms with van der Waals surface area (Å²) in [4.78, 5) is 0. The van der Waals surface area contributed by atoms with Crippen LogP contribution in [-0.4, -0.2) is 0 Å². The second-order valence-corrected chi connectivity index (χ2v) is 5.03. The molecule has 2 aromatic rings. The maximum Gasteiger partial charge on any atom is 0.0950 e. The van der Waals surface area contributed by atoms with E-state index >= 15 is 0 Å². The Morgan fingerprint density at radius 2 is 1.83 bits per heavy atom. The third kappa shape index (κ3) is 2.82. The molecule has 1 N–H and O–H groups in total. The first-order valence-corrected chi connectivity index (χ1v) is 6.43. The van der Waals surface area contributed by atoms with Crippen molar-refractivity contribution in [2.45, 2.75) is 39.8 Å². The molecule has 0 saturated heterocycles. The topological polar surface area (TPSA) is 25.2 Å². The lowest BCUT2D eigenvalue weighted by atomic mass is 9.99. The first-order valence-electron chi connectivity index (χ1n) is 6.43. The van der Waals surface area contributed by atoms with Gasteiger partial charge in [-0.25, -0.2) is 0 Å². The van der Waals surface area contributed by atoms with E-state index in [1.54, 1.807) is 12.5 Å². The lowest BCUT2D eigenvalue weighted by Gasteiger charge is -2.21. The number of hydrogen-bond acceptors (Lipinski definition) is 2. The fourth-order valence-corrected chi connectivity index (χ4v) is 2.31. The summed E-state index contributed by atoms with van der Waals surface area (Å²) in [5.74, 6) is 0. The van der Waals surface area contributed by atoms with Crippen LogP contribution in [0.25, 0.3) is 0 Å². The van der Waals surface area contributed by atoms with Crippen molar-refractivity contribution in [3.63, 3.8) is 0 Å². The molecule has 2 atom stereocenters. The molecule has 96 valence electrons. The molecule has 0 radical (unpaired) electrons. The van der Waals surface area contributed by atoms with Crippen LogP contribution in [0, 0.1) is 13.8 Å². The normalized spacial score (nSPS) is 14.4. The summed E-state index contributed by atoms with van der Waals surface area (Å²) in [5.41, 5.74) is 5.19. The molecule has 0 aliphatic carbocycles. The van der Waals surface area contributed by atoms with Crippen LogP contribution in [-0.2, 0) is 0 Å². The lowest BCUT2D eigenvalue weighted by molar-refractivity contribution is 0.485. The summed E-state index contributed by atoms with van der Waals surface area (Å²) in [5, 5.41) is 3.61. The van der Waals surface area contributed by atoms with Crippen LogP contribution in [0.1, 0.15) is 48.2 Å². The maximum atomic E-state index is 5.13. The van der Waals surface area contributed by atoms with Gasteiger partial charge in [0, 0.05) is 17.6 Å². The van der Waals surface area contributed by atoms with E-state index in [1.165, 1.54) is 22.3 Å². The first-order chi connectivity index (χ1) is 8.58. The minimum absolute atomic E-state index is 0.290. The Morgan fingerprint density at radius 3 is 2.50 bits per heavy atom. The second kappa shape index (κ2) is 5.40. The van der Waals surface area contributed by atoms with Crippen molar-refractivity contribution in [1.82, 2.24) is 5.32 Å². The van der Waals surface area contributed by atoms with E-state index in [2.05, 4.69) is 51.2 Å². The van der Waals surface area contributed by atoms with Gasteiger partial charge in [-0.3, -0.25) is 0 Å². The Balaban J connectivity index is 2.12. The van der Waals surface area contributed by atoms with Crippen molar-refractivity contribution < 1.29 is 4.42 Å². The molecular weight excluding hydrogens is 222 g/mol. The van der Waals surface area contributed by atoms with Gasteiger partial charge in [-0.1, -0.05) is 23.8 Å². The molecule has 2 unspecified atom stereocenters. The van der Waals surface area contributed by atoms with Gasteiger partial charge in [-0.05, 0) is 44.9 Å². The highest BCUT2D eigenvalue weighted by atomic mass is 16.3. The molecule has 2 nitrogen and oxygen atoms in total. The SMILES string of the molecule is Cc1ccc(C)c(C(C)NC(C)c2ccoc2)c1. The predicted octanol–water partition coefficient (Wildman–Crippen LogP) is 4.31. The van der Waals surface area contributed by atoms with E-state index in [0.717, 1.165) is 0 Å². The van der Waals surface area contributed by atoms with E-state index in [9.17, 15) is 0 Å². The third-order valence-corrected chi connectivity index (χ3v) is 3.44. The van der Waals surface area contributed by atoms with E-state index < -0.39 is 0 Å². The average Bonchev–Trinajstić information content (AvgIpc) is 2.85. The van der Waals surface area contributed by atoms with Crippen LogP contribution >= 0.6 is 0 Å². The van der Waals surface area contributed by atoms with Crippen molar-refractivity contribution >= 4 is 0 Å². The van der Waals surface area contributed by atoms with Gasteiger partial charge in [0.05, 0.1) is 12.5 Å². The molecule has 2 heteroatoms. The molecule has 1 heterocycles. The highest BCUT2D eigenvalue weighted by molar-refractivity contribution is 5.32. The summed E-state index contributed by atoms with van der Waals surface area (Å²) in [6.45, 7) is 8.66. The number of benzene rings is 1. The molecule has 0 amide bonds. The molecule has 0 fully saturated rings. The summed E-state index contributed by atoms with van der Waals surface area (Å²) in [7, 11) is 0. The number of rotatable bonds is 4. The fraction of sp³-hybridized carbons (Fsp3) is 0.375. The zero-order valence-electron chi connectivity index (χ0n) is 11.5. The number of hydrogen-bond donors (Lipinski definition) is 1. The zero-order valence-corrected chi connectivity index (χ0v) is 11.5. The standard InChI is InChI=1S/C16H21NO/c1-11-5-6-12(2)16(9-11)14(4)17-13(3)15-7-8-18-10-15/h5-10,13-14,17H,1-4H3. The molecule has 0 spiro atoms. The minimum Gasteiger partial charge on any atom is -0.472 e. The van der Waals surface area contributed by atoms with Crippen LogP contribution in [0.2, 0.25) is 0 Å². The molecular formula is C16H21NO. The van der Waals surface area contributed by atoms with Gasteiger partial charge in [-0.15, -0.1) is 0 Å². The summed E-state index contributed by atoms with van der Waals surface area (Å²) in [6.07, 6.45) is 3.52. The van der Waals surface area contributed by atoms with E-state index in [-0.39, 0.29) is 0 Å². The Kier molecular flexibility index (Phi) is 3.87. The summed E-state index contributed by atoms with van der Waals surface area (Å²) in [6, 6.07) is 9.23. The van der Waals surface area contributed by atoms with Gasteiger partial charge in [0.1, 0.15) is 0 Å². The van der Waals surface area contributed by atoms with Crippen molar-refractivity contribution in [3.05, 3.63) is 59.0 Å². The first kappa shape index (κ1) is 12.9. The molecule has 1 aromatic carbocycles. The number of furan rings is 1. The van der Waals surface area contributed by atoms with Crippen molar-refractivity contribution in [2.24, 2.45) is 0 Å². The number of aryl methyl sites for hydroxylation is 2. The van der Waals surface area contributed by atoms with Gasteiger partial charge in [0.15, 0.2) is 0 Å². The monoisotopic (exact) mass is 243 g/mol. The van der Waals surface area contributed by atoms with Crippen molar-refractivity contribution in [3.8, 4) is 0 Å². The van der Waals surface area contributed by atoms with Crippen molar-refractivity contribution in [1.29, 1.82) is 0 Å². The largest absolute Gasteiger partial charge is 0.472 e. The van der Waals surface area contributed by atoms with E-state index in [0.29, 0.717) is 12.1 Å². The van der Waals surface area contributed by atoms with Gasteiger partial charge in [-0.2, -0.15) is 0 Å². The van der Waals surface area contributed by atoms with E-state index in [4.69, 9.17) is 4.42 Å². The molecule has 0 bridgehead atoms. The Morgan fingerprint density at radius 1 is 1.06 bits per heavy atom. The Bertz CT molecular complexity index is 502. The molecule has 1 aromatic heterocycles.